The van der Waals surface area contributed by atoms with Crippen LogP contribution in [-0.4, -0.2) is 67.5 Å². The van der Waals surface area contributed by atoms with E-state index < -0.39 is 5.82 Å². The minimum absolute atomic E-state index is 0.0557. The Morgan fingerprint density at radius 3 is 2.40 bits per heavy atom. The summed E-state index contributed by atoms with van der Waals surface area (Å²) in [6.07, 6.45) is 0. The molecule has 0 spiro atoms. The van der Waals surface area contributed by atoms with Gasteiger partial charge in [-0.15, -0.1) is 0 Å². The van der Waals surface area contributed by atoms with Crippen LogP contribution in [0.25, 0.3) is 0 Å². The molecule has 8 heteroatoms. The van der Waals surface area contributed by atoms with E-state index in [1.807, 2.05) is 19.1 Å². The highest BCUT2D eigenvalue weighted by Crippen LogP contribution is 2.20. The summed E-state index contributed by atoms with van der Waals surface area (Å²) in [4.78, 5) is 42.3. The predicted octanol–water partition coefficient (Wildman–Crippen LogP) is 2.06. The lowest BCUT2D eigenvalue weighted by Crippen LogP contribution is -2.44. The molecule has 1 fully saturated rings. The molecule has 1 saturated heterocycles. The maximum absolute atomic E-state index is 13.1. The highest BCUT2D eigenvalue weighted by molar-refractivity contribution is 6.01. The summed E-state index contributed by atoms with van der Waals surface area (Å²) in [7, 11) is 1.52. The molecule has 2 aromatic rings. The van der Waals surface area contributed by atoms with E-state index in [4.69, 9.17) is 4.74 Å². The standard InChI is InChI=1S/C22H24FN3O4/c1-16-3-5-17(6-4-16)22(29)24(11-12-30-2)13-20(27)25-14-21(28)26(15-25)19-9-7-18(23)8-10-19/h3-10H,11-15H2,1-2H3. The van der Waals surface area contributed by atoms with Gasteiger partial charge in [-0.05, 0) is 43.3 Å². The monoisotopic (exact) mass is 413 g/mol. The first-order valence-corrected chi connectivity index (χ1v) is 9.57. The third-order valence-corrected chi connectivity index (χ3v) is 4.91. The van der Waals surface area contributed by atoms with Crippen molar-refractivity contribution in [1.82, 2.24) is 9.80 Å². The first kappa shape index (κ1) is 21.4. The lowest BCUT2D eigenvalue weighted by Gasteiger charge is -2.25. The Hall–Kier alpha value is -3.26. The molecule has 1 aliphatic rings. The summed E-state index contributed by atoms with van der Waals surface area (Å²) >= 11 is 0. The number of ether oxygens (including phenoxy) is 1. The van der Waals surface area contributed by atoms with Crippen molar-refractivity contribution < 1.29 is 23.5 Å². The van der Waals surface area contributed by atoms with E-state index >= 15 is 0 Å². The van der Waals surface area contributed by atoms with Crippen LogP contribution in [0.2, 0.25) is 0 Å². The second-order valence-electron chi connectivity index (χ2n) is 7.12. The van der Waals surface area contributed by atoms with Gasteiger partial charge in [0.15, 0.2) is 0 Å². The van der Waals surface area contributed by atoms with Crippen molar-refractivity contribution in [2.24, 2.45) is 0 Å². The molecule has 0 atom stereocenters. The molecule has 0 aromatic heterocycles. The van der Waals surface area contributed by atoms with Gasteiger partial charge in [-0.25, -0.2) is 4.39 Å². The number of carbonyl (C=O) groups excluding carboxylic acids is 3. The van der Waals surface area contributed by atoms with E-state index in [2.05, 4.69) is 0 Å². The van der Waals surface area contributed by atoms with Gasteiger partial charge in [0.2, 0.25) is 11.8 Å². The molecule has 3 amide bonds. The van der Waals surface area contributed by atoms with Gasteiger partial charge in [-0.1, -0.05) is 17.7 Å². The van der Waals surface area contributed by atoms with Crippen LogP contribution in [0.1, 0.15) is 15.9 Å². The minimum atomic E-state index is -0.401. The Balaban J connectivity index is 1.69. The van der Waals surface area contributed by atoms with Crippen LogP contribution >= 0.6 is 0 Å². The lowest BCUT2D eigenvalue weighted by molar-refractivity contribution is -0.132. The van der Waals surface area contributed by atoms with Crippen molar-refractivity contribution in [3.63, 3.8) is 0 Å². The Bertz CT molecular complexity index is 915. The molecule has 0 unspecified atom stereocenters. The molecule has 158 valence electrons. The number of anilines is 1. The number of halogens is 1. The molecule has 30 heavy (non-hydrogen) atoms. The first-order chi connectivity index (χ1) is 14.4. The molecular weight excluding hydrogens is 389 g/mol. The summed E-state index contributed by atoms with van der Waals surface area (Å²) in [5, 5.41) is 0. The maximum Gasteiger partial charge on any atom is 0.254 e. The fraction of sp³-hybridized carbons (Fsp3) is 0.318. The average molecular weight is 413 g/mol. The number of benzene rings is 2. The second-order valence-corrected chi connectivity index (χ2v) is 7.12. The van der Waals surface area contributed by atoms with E-state index in [0.717, 1.165) is 5.56 Å². The molecule has 0 saturated carbocycles. The highest BCUT2D eigenvalue weighted by atomic mass is 19.1. The van der Waals surface area contributed by atoms with Gasteiger partial charge in [-0.2, -0.15) is 0 Å². The van der Waals surface area contributed by atoms with Gasteiger partial charge in [0.1, 0.15) is 25.6 Å². The number of hydrogen-bond acceptors (Lipinski definition) is 4. The fourth-order valence-electron chi connectivity index (χ4n) is 3.16. The number of methoxy groups -OCH3 is 1. The summed E-state index contributed by atoms with van der Waals surface area (Å²) in [6, 6.07) is 12.6. The van der Waals surface area contributed by atoms with E-state index in [9.17, 15) is 18.8 Å². The third kappa shape index (κ3) is 5.01. The number of aryl methyl sites for hydroxylation is 1. The number of rotatable bonds is 7. The minimum Gasteiger partial charge on any atom is -0.383 e. The van der Waals surface area contributed by atoms with E-state index in [1.54, 1.807) is 12.1 Å². The number of hydrogen-bond donors (Lipinski definition) is 0. The van der Waals surface area contributed by atoms with Gasteiger partial charge in [0.25, 0.3) is 5.91 Å². The molecule has 2 aromatic carbocycles. The Labute approximate surface area is 174 Å². The molecule has 0 bridgehead atoms. The summed E-state index contributed by atoms with van der Waals surface area (Å²) < 4.78 is 18.2. The van der Waals surface area contributed by atoms with Crippen molar-refractivity contribution in [2.45, 2.75) is 6.92 Å². The Morgan fingerprint density at radius 2 is 1.77 bits per heavy atom. The summed E-state index contributed by atoms with van der Waals surface area (Å²) in [6.45, 7) is 2.26. The van der Waals surface area contributed by atoms with Crippen molar-refractivity contribution in [3.05, 3.63) is 65.5 Å². The first-order valence-electron chi connectivity index (χ1n) is 9.57. The zero-order valence-electron chi connectivity index (χ0n) is 17.0. The van der Waals surface area contributed by atoms with Gasteiger partial charge < -0.3 is 14.5 Å². The third-order valence-electron chi connectivity index (χ3n) is 4.91. The van der Waals surface area contributed by atoms with Crippen molar-refractivity contribution in [2.75, 3.05) is 44.9 Å². The lowest BCUT2D eigenvalue weighted by atomic mass is 10.1. The van der Waals surface area contributed by atoms with E-state index in [0.29, 0.717) is 11.3 Å². The van der Waals surface area contributed by atoms with Gasteiger partial charge >= 0.3 is 0 Å². The normalized spacial score (nSPS) is 13.6. The van der Waals surface area contributed by atoms with Crippen LogP contribution in [0.15, 0.2) is 48.5 Å². The second kappa shape index (κ2) is 9.49. The van der Waals surface area contributed by atoms with Crippen LogP contribution in [0.5, 0.6) is 0 Å². The molecule has 1 heterocycles. The number of carbonyl (C=O) groups is 3. The topological polar surface area (TPSA) is 70.2 Å². The van der Waals surface area contributed by atoms with E-state index in [-0.39, 0.29) is 50.6 Å². The van der Waals surface area contributed by atoms with Crippen LogP contribution in [-0.2, 0) is 14.3 Å². The SMILES string of the molecule is COCCN(CC(=O)N1CC(=O)N(c2ccc(F)cc2)C1)C(=O)c1ccc(C)cc1. The fourth-order valence-corrected chi connectivity index (χ4v) is 3.16. The molecule has 0 aliphatic carbocycles. The Morgan fingerprint density at radius 1 is 1.10 bits per heavy atom. The molecular formula is C22H24FN3O4. The molecule has 1 aliphatic heterocycles. The van der Waals surface area contributed by atoms with Crippen LogP contribution in [0, 0.1) is 12.7 Å². The predicted molar refractivity (Wildman–Crippen MR) is 109 cm³/mol. The maximum atomic E-state index is 13.1. The molecule has 0 radical (unpaired) electrons. The zero-order valence-corrected chi connectivity index (χ0v) is 17.0. The summed E-state index contributed by atoms with van der Waals surface area (Å²) in [5.74, 6) is -1.28. The number of nitrogens with zero attached hydrogens (tertiary/aromatic N) is 3. The molecule has 0 N–H and O–H groups in total. The van der Waals surface area contributed by atoms with Gasteiger partial charge in [0.05, 0.1) is 6.61 Å². The van der Waals surface area contributed by atoms with Crippen molar-refractivity contribution in [1.29, 1.82) is 0 Å². The van der Waals surface area contributed by atoms with Crippen molar-refractivity contribution in [3.8, 4) is 0 Å². The summed E-state index contributed by atoms with van der Waals surface area (Å²) in [5.41, 5.74) is 2.03. The molecule has 7 nitrogen and oxygen atoms in total. The Kier molecular flexibility index (Phi) is 6.79. The zero-order chi connectivity index (χ0) is 21.7. The van der Waals surface area contributed by atoms with Crippen LogP contribution < -0.4 is 4.90 Å². The smallest absolute Gasteiger partial charge is 0.254 e. The van der Waals surface area contributed by atoms with Gasteiger partial charge in [-0.3, -0.25) is 19.3 Å². The van der Waals surface area contributed by atoms with Gasteiger partial charge in [0, 0.05) is 24.9 Å². The molecule has 3 rings (SSSR count). The van der Waals surface area contributed by atoms with Crippen LogP contribution in [0.4, 0.5) is 10.1 Å². The highest BCUT2D eigenvalue weighted by Gasteiger charge is 2.33. The van der Waals surface area contributed by atoms with Crippen molar-refractivity contribution >= 4 is 23.4 Å². The van der Waals surface area contributed by atoms with Crippen LogP contribution in [0.3, 0.4) is 0 Å². The quantitative estimate of drug-likeness (QED) is 0.697. The largest absolute Gasteiger partial charge is 0.383 e. The van der Waals surface area contributed by atoms with E-state index in [1.165, 1.54) is 46.1 Å². The number of amides is 3. The average Bonchev–Trinajstić information content (AvgIpc) is 3.13.